The molecule has 0 aliphatic rings. The Morgan fingerprint density at radius 2 is 1.34 bits per heavy atom. The van der Waals surface area contributed by atoms with Gasteiger partial charge in [-0.2, -0.15) is 11.8 Å². The van der Waals surface area contributed by atoms with Gasteiger partial charge in [-0.3, -0.25) is 14.4 Å². The molecule has 0 bridgehead atoms. The smallest absolute Gasteiger partial charge is 0.326 e. The van der Waals surface area contributed by atoms with Crippen molar-refractivity contribution in [1.82, 2.24) is 16.0 Å². The molecule has 0 aromatic heterocycles. The molecule has 0 radical (unpaired) electrons. The molecule has 3 amide bonds. The topological polar surface area (TPSA) is 151 Å². The van der Waals surface area contributed by atoms with Gasteiger partial charge in [0.05, 0.1) is 6.04 Å². The number of rotatable bonds is 15. The number of aliphatic carboxylic acids is 1. The first-order chi connectivity index (χ1) is 14.8. The van der Waals surface area contributed by atoms with Crippen LogP contribution in [0.2, 0.25) is 0 Å². The second-order valence-electron chi connectivity index (χ2n) is 9.34. The molecule has 0 saturated heterocycles. The van der Waals surface area contributed by atoms with Crippen LogP contribution < -0.4 is 21.7 Å². The van der Waals surface area contributed by atoms with Crippen LogP contribution in [-0.4, -0.2) is 65.0 Å². The second-order valence-corrected chi connectivity index (χ2v) is 10.3. The summed E-state index contributed by atoms with van der Waals surface area (Å²) in [5, 5.41) is 17.3. The number of carboxylic acid groups (broad SMARTS) is 1. The van der Waals surface area contributed by atoms with E-state index in [0.29, 0.717) is 18.6 Å². The van der Waals surface area contributed by atoms with Gasteiger partial charge in [-0.1, -0.05) is 41.5 Å². The van der Waals surface area contributed by atoms with Gasteiger partial charge < -0.3 is 26.8 Å². The van der Waals surface area contributed by atoms with Gasteiger partial charge >= 0.3 is 5.97 Å². The van der Waals surface area contributed by atoms with Crippen molar-refractivity contribution in [2.24, 2.45) is 23.5 Å². The lowest BCUT2D eigenvalue weighted by Crippen LogP contribution is -2.58. The highest BCUT2D eigenvalue weighted by Crippen LogP contribution is 2.10. The summed E-state index contributed by atoms with van der Waals surface area (Å²) >= 11 is 1.49. The Morgan fingerprint density at radius 1 is 0.812 bits per heavy atom. The van der Waals surface area contributed by atoms with Crippen LogP contribution in [0.3, 0.4) is 0 Å². The van der Waals surface area contributed by atoms with E-state index in [0.717, 1.165) is 0 Å². The summed E-state index contributed by atoms with van der Waals surface area (Å²) in [6, 6.07) is -3.54. The van der Waals surface area contributed by atoms with Crippen LogP contribution in [0.15, 0.2) is 0 Å². The predicted molar refractivity (Wildman–Crippen MR) is 128 cm³/mol. The van der Waals surface area contributed by atoms with Crippen molar-refractivity contribution in [3.05, 3.63) is 0 Å². The van der Waals surface area contributed by atoms with Gasteiger partial charge in [-0.15, -0.1) is 0 Å². The van der Waals surface area contributed by atoms with Gasteiger partial charge in [-0.25, -0.2) is 4.79 Å². The normalized spacial score (nSPS) is 15.2. The molecule has 6 N–H and O–H groups in total. The molecule has 10 heteroatoms. The number of hydrogen-bond acceptors (Lipinski definition) is 6. The monoisotopic (exact) mass is 474 g/mol. The van der Waals surface area contributed by atoms with E-state index in [-0.39, 0.29) is 24.2 Å². The van der Waals surface area contributed by atoms with Gasteiger partial charge in [0.25, 0.3) is 0 Å². The number of hydrogen-bond donors (Lipinski definition) is 5. The second kappa shape index (κ2) is 15.1. The maximum atomic E-state index is 13.0. The molecule has 0 saturated carbocycles. The Balaban J connectivity index is 5.38. The number of amides is 3. The van der Waals surface area contributed by atoms with Gasteiger partial charge in [0.2, 0.25) is 17.7 Å². The number of nitrogens with two attached hydrogens (primary N) is 1. The van der Waals surface area contributed by atoms with Crippen molar-refractivity contribution in [1.29, 1.82) is 0 Å². The molecular formula is C22H42N4O5S. The molecule has 4 atom stereocenters. The van der Waals surface area contributed by atoms with Crippen molar-refractivity contribution < 1.29 is 24.3 Å². The molecule has 0 heterocycles. The summed E-state index contributed by atoms with van der Waals surface area (Å²) in [5.41, 5.74) is 5.94. The molecule has 32 heavy (non-hydrogen) atoms. The number of thioether (sulfide) groups is 1. The number of nitrogens with one attached hydrogen (secondary N) is 3. The highest BCUT2D eigenvalue weighted by Gasteiger charge is 2.32. The molecule has 0 aromatic rings. The summed E-state index contributed by atoms with van der Waals surface area (Å²) in [6.45, 7) is 11.3. The molecule has 186 valence electrons. The van der Waals surface area contributed by atoms with Gasteiger partial charge in [0.15, 0.2) is 0 Å². The average Bonchev–Trinajstić information content (AvgIpc) is 2.66. The molecule has 4 unspecified atom stereocenters. The minimum absolute atomic E-state index is 0.0760. The molecule has 0 aromatic carbocycles. The summed E-state index contributed by atoms with van der Waals surface area (Å²) < 4.78 is 0. The van der Waals surface area contributed by atoms with Crippen LogP contribution in [0.1, 0.15) is 60.8 Å². The molecule has 0 aliphatic carbocycles. The van der Waals surface area contributed by atoms with E-state index in [4.69, 9.17) is 5.73 Å². The number of carboxylic acids is 1. The van der Waals surface area contributed by atoms with E-state index in [2.05, 4.69) is 16.0 Å². The van der Waals surface area contributed by atoms with Gasteiger partial charge in [0.1, 0.15) is 18.1 Å². The van der Waals surface area contributed by atoms with Gasteiger partial charge in [-0.05, 0) is 49.0 Å². The molecule has 0 fully saturated rings. The molecule has 0 aliphatic heterocycles. The van der Waals surface area contributed by atoms with Crippen LogP contribution in [0.25, 0.3) is 0 Å². The highest BCUT2D eigenvalue weighted by atomic mass is 32.2. The molecular weight excluding hydrogens is 432 g/mol. The average molecular weight is 475 g/mol. The van der Waals surface area contributed by atoms with Gasteiger partial charge in [0, 0.05) is 0 Å². The molecule has 0 rings (SSSR count). The largest absolute Gasteiger partial charge is 0.480 e. The third kappa shape index (κ3) is 11.7. The van der Waals surface area contributed by atoms with E-state index in [9.17, 15) is 24.3 Å². The molecule has 9 nitrogen and oxygen atoms in total. The van der Waals surface area contributed by atoms with Crippen LogP contribution >= 0.6 is 11.8 Å². The first-order valence-electron chi connectivity index (χ1n) is 11.2. The van der Waals surface area contributed by atoms with E-state index in [1.807, 2.05) is 34.0 Å². The summed E-state index contributed by atoms with van der Waals surface area (Å²) in [4.78, 5) is 49.8. The zero-order chi connectivity index (χ0) is 25.0. The maximum absolute atomic E-state index is 13.0. The lowest BCUT2D eigenvalue weighted by atomic mass is 9.98. The van der Waals surface area contributed by atoms with Crippen LogP contribution in [0, 0.1) is 17.8 Å². The van der Waals surface area contributed by atoms with Crippen LogP contribution in [0.5, 0.6) is 0 Å². The van der Waals surface area contributed by atoms with E-state index < -0.39 is 47.9 Å². The Morgan fingerprint density at radius 3 is 1.78 bits per heavy atom. The standard InChI is InChI=1S/C22H42N4O5S/c1-12(2)10-15(23)19(27)26-18(14(5)6)21(29)25-17(11-13(3)4)20(28)24-16(22(30)31)8-9-32-7/h12-18H,8-11,23H2,1-7H3,(H,24,28)(H,25,29)(H,26,27)(H,30,31). The van der Waals surface area contributed by atoms with Crippen LogP contribution in [-0.2, 0) is 19.2 Å². The predicted octanol–water partition coefficient (Wildman–Crippen LogP) is 1.35. The summed E-state index contributed by atoms with van der Waals surface area (Å²) in [7, 11) is 0. The minimum Gasteiger partial charge on any atom is -0.480 e. The van der Waals surface area contributed by atoms with E-state index in [1.54, 1.807) is 13.8 Å². The Labute approximate surface area is 196 Å². The lowest BCUT2D eigenvalue weighted by molar-refractivity contribution is -0.142. The van der Waals surface area contributed by atoms with E-state index >= 15 is 0 Å². The maximum Gasteiger partial charge on any atom is 0.326 e. The first-order valence-corrected chi connectivity index (χ1v) is 12.6. The third-order valence-electron chi connectivity index (χ3n) is 4.87. The number of carbonyl (C=O) groups excluding carboxylic acids is 3. The SMILES string of the molecule is CSCCC(NC(=O)C(CC(C)C)NC(=O)C(NC(=O)C(N)CC(C)C)C(C)C)C(=O)O. The fourth-order valence-corrected chi connectivity index (χ4v) is 3.61. The first kappa shape index (κ1) is 30.2. The fourth-order valence-electron chi connectivity index (χ4n) is 3.14. The van der Waals surface area contributed by atoms with Crippen molar-refractivity contribution in [2.45, 2.75) is 85.0 Å². The highest BCUT2D eigenvalue weighted by molar-refractivity contribution is 7.98. The Bertz CT molecular complexity index is 627. The Hall–Kier alpha value is -1.81. The van der Waals surface area contributed by atoms with Crippen LogP contribution in [0.4, 0.5) is 0 Å². The quantitative estimate of drug-likeness (QED) is 0.240. The van der Waals surface area contributed by atoms with E-state index in [1.165, 1.54) is 11.8 Å². The van der Waals surface area contributed by atoms with Crippen molar-refractivity contribution >= 4 is 35.5 Å². The Kier molecular flexibility index (Phi) is 14.2. The number of carbonyl (C=O) groups is 4. The van der Waals surface area contributed by atoms with Crippen molar-refractivity contribution in [3.63, 3.8) is 0 Å². The zero-order valence-corrected chi connectivity index (χ0v) is 21.3. The van der Waals surface area contributed by atoms with Crippen molar-refractivity contribution in [3.8, 4) is 0 Å². The minimum atomic E-state index is -1.12. The fraction of sp³-hybridized carbons (Fsp3) is 0.818. The zero-order valence-electron chi connectivity index (χ0n) is 20.4. The van der Waals surface area contributed by atoms with Crippen molar-refractivity contribution in [2.75, 3.05) is 12.0 Å². The molecule has 0 spiro atoms. The third-order valence-corrected chi connectivity index (χ3v) is 5.52. The lowest BCUT2D eigenvalue weighted by Gasteiger charge is -2.28. The summed E-state index contributed by atoms with van der Waals surface area (Å²) in [6.07, 6.45) is 2.96. The summed E-state index contributed by atoms with van der Waals surface area (Å²) in [5.74, 6) is -1.93.